The first-order valence-electron chi connectivity index (χ1n) is 18.5. The van der Waals surface area contributed by atoms with Gasteiger partial charge in [0.05, 0.1) is 33.2 Å². The molecule has 3 aromatic heterocycles. The Morgan fingerprint density at radius 2 is 1.26 bits per heavy atom. The molecule has 54 heavy (non-hydrogen) atoms. The monoisotopic (exact) mass is 692 g/mol. The van der Waals surface area contributed by atoms with Gasteiger partial charge in [0.2, 0.25) is 0 Å². The Balaban J connectivity index is 1.27. The Labute approximate surface area is 311 Å². The molecular weight excluding hydrogens is 661 g/mol. The molecule has 5 heterocycles. The number of benzene rings is 7. The van der Waals surface area contributed by atoms with Crippen molar-refractivity contribution in [3.63, 3.8) is 0 Å². The van der Waals surface area contributed by atoms with Crippen LogP contribution in [-0.2, 0) is 5.41 Å². The van der Waals surface area contributed by atoms with E-state index >= 15 is 0 Å². The summed E-state index contributed by atoms with van der Waals surface area (Å²) in [6.07, 6.45) is 5.94. The Morgan fingerprint density at radius 1 is 0.574 bits per heavy atom. The SMILES string of the molecule is C=Cc1oc2ccc(-n3c4ccccc4c4ccc5c(c43)Oc3ccccc3C53c4ccccc4-n4c5ccccc5c5cccc3c54)cc2c1/C=C\C. The zero-order valence-electron chi connectivity index (χ0n) is 29.5. The Kier molecular flexibility index (Phi) is 5.75. The number of furan rings is 1. The third-order valence-corrected chi connectivity index (χ3v) is 11.9. The fourth-order valence-electron chi connectivity index (χ4n) is 9.85. The van der Waals surface area contributed by atoms with Gasteiger partial charge in [-0.05, 0) is 66.6 Å². The minimum Gasteiger partial charge on any atom is -0.456 e. The first kappa shape index (κ1) is 29.5. The van der Waals surface area contributed by atoms with Crippen LogP contribution in [0.2, 0.25) is 0 Å². The molecule has 0 saturated heterocycles. The number of allylic oxidation sites excluding steroid dienone is 1. The highest BCUT2D eigenvalue weighted by Gasteiger charge is 2.51. The van der Waals surface area contributed by atoms with Crippen molar-refractivity contribution in [3.05, 3.63) is 192 Å². The molecule has 10 aromatic rings. The van der Waals surface area contributed by atoms with Crippen LogP contribution in [0, 0.1) is 0 Å². The van der Waals surface area contributed by atoms with Crippen LogP contribution >= 0.6 is 0 Å². The van der Waals surface area contributed by atoms with Crippen molar-refractivity contribution in [1.29, 1.82) is 0 Å². The minimum atomic E-state index is -0.660. The van der Waals surface area contributed by atoms with E-state index in [9.17, 15) is 0 Å². The highest BCUT2D eigenvalue weighted by molar-refractivity contribution is 6.14. The molecule has 254 valence electrons. The van der Waals surface area contributed by atoms with E-state index < -0.39 is 5.41 Å². The third-order valence-electron chi connectivity index (χ3n) is 11.9. The minimum absolute atomic E-state index is 0.660. The number of hydrogen-bond donors (Lipinski definition) is 0. The van der Waals surface area contributed by atoms with Crippen molar-refractivity contribution in [3.8, 4) is 22.9 Å². The second-order valence-electron chi connectivity index (χ2n) is 14.4. The molecule has 0 bridgehead atoms. The number of fused-ring (bicyclic) bond motifs is 16. The molecule has 0 aliphatic carbocycles. The van der Waals surface area contributed by atoms with Gasteiger partial charge in [0, 0.05) is 49.3 Å². The van der Waals surface area contributed by atoms with Crippen molar-refractivity contribution in [1.82, 2.24) is 9.13 Å². The summed E-state index contributed by atoms with van der Waals surface area (Å²) in [6, 6.07) is 53.0. The predicted octanol–water partition coefficient (Wildman–Crippen LogP) is 13.1. The van der Waals surface area contributed by atoms with Crippen LogP contribution in [0.25, 0.3) is 78.1 Å². The van der Waals surface area contributed by atoms with E-state index in [1.165, 1.54) is 44.0 Å². The lowest BCUT2D eigenvalue weighted by molar-refractivity contribution is 0.438. The van der Waals surface area contributed by atoms with Crippen molar-refractivity contribution in [2.24, 2.45) is 0 Å². The average Bonchev–Trinajstić information content (AvgIpc) is 3.88. The summed E-state index contributed by atoms with van der Waals surface area (Å²) < 4.78 is 18.4. The van der Waals surface area contributed by atoms with Crippen molar-refractivity contribution < 1.29 is 9.15 Å². The van der Waals surface area contributed by atoms with Gasteiger partial charge in [-0.1, -0.05) is 122 Å². The maximum atomic E-state index is 7.27. The fourth-order valence-corrected chi connectivity index (χ4v) is 9.85. The normalized spacial score (nSPS) is 15.7. The molecule has 4 heteroatoms. The van der Waals surface area contributed by atoms with E-state index in [1.807, 2.05) is 13.0 Å². The van der Waals surface area contributed by atoms with E-state index in [0.29, 0.717) is 0 Å². The molecule has 1 spiro atoms. The van der Waals surface area contributed by atoms with Gasteiger partial charge in [-0.2, -0.15) is 0 Å². The standard InChI is InChI=1S/C50H32N2O2/c1-3-14-33-36-29-30(25-28-45(36)53-44(33)4-2)51-41-21-9-5-16-32(41)35-26-27-40-49(48(35)51)54-46-24-12-8-19-38(46)50(40)37-18-7-11-23-43(37)52-42-22-10-6-15-31(42)34-17-13-20-39(50)47(34)52/h3-29H,2H2,1H3/b14-3-. The summed E-state index contributed by atoms with van der Waals surface area (Å²) in [5.74, 6) is 2.50. The molecule has 0 radical (unpaired) electrons. The lowest BCUT2D eigenvalue weighted by Gasteiger charge is -2.45. The lowest BCUT2D eigenvalue weighted by atomic mass is 9.61. The van der Waals surface area contributed by atoms with Crippen molar-refractivity contribution in [2.75, 3.05) is 0 Å². The number of ether oxygens (including phenoxy) is 1. The third kappa shape index (κ3) is 3.48. The van der Waals surface area contributed by atoms with Gasteiger partial charge in [0.25, 0.3) is 0 Å². The molecule has 0 fully saturated rings. The van der Waals surface area contributed by atoms with Crippen LogP contribution in [0.3, 0.4) is 0 Å². The zero-order valence-corrected chi connectivity index (χ0v) is 29.5. The van der Waals surface area contributed by atoms with Crippen LogP contribution < -0.4 is 4.74 Å². The van der Waals surface area contributed by atoms with Gasteiger partial charge in [-0.15, -0.1) is 0 Å². The molecular formula is C50H32N2O2. The van der Waals surface area contributed by atoms with Gasteiger partial charge in [0.1, 0.15) is 17.1 Å². The molecule has 2 aliphatic rings. The molecule has 7 aromatic carbocycles. The lowest BCUT2D eigenvalue weighted by Crippen LogP contribution is -2.37. The van der Waals surface area contributed by atoms with Crippen LogP contribution in [0.1, 0.15) is 40.5 Å². The summed E-state index contributed by atoms with van der Waals surface area (Å²) in [5.41, 5.74) is 12.8. The largest absolute Gasteiger partial charge is 0.456 e. The van der Waals surface area contributed by atoms with Crippen molar-refractivity contribution >= 4 is 66.7 Å². The molecule has 1 atom stereocenters. The van der Waals surface area contributed by atoms with Crippen LogP contribution in [0.5, 0.6) is 11.5 Å². The molecule has 2 aliphatic heterocycles. The van der Waals surface area contributed by atoms with E-state index in [-0.39, 0.29) is 0 Å². The van der Waals surface area contributed by atoms with Gasteiger partial charge >= 0.3 is 0 Å². The zero-order chi connectivity index (χ0) is 35.7. The van der Waals surface area contributed by atoms with Gasteiger partial charge in [-0.3, -0.25) is 0 Å². The number of aromatic nitrogens is 2. The Bertz CT molecular complexity index is 3300. The smallest absolute Gasteiger partial charge is 0.156 e. The highest BCUT2D eigenvalue weighted by Crippen LogP contribution is 2.61. The van der Waals surface area contributed by atoms with E-state index in [1.54, 1.807) is 6.08 Å². The molecule has 12 rings (SSSR count). The first-order chi connectivity index (χ1) is 26.7. The molecule has 0 N–H and O–H groups in total. The quantitative estimate of drug-likeness (QED) is 0.185. The summed E-state index contributed by atoms with van der Waals surface area (Å²) in [5, 5.41) is 5.86. The topological polar surface area (TPSA) is 32.2 Å². The second-order valence-corrected chi connectivity index (χ2v) is 14.4. The summed E-state index contributed by atoms with van der Waals surface area (Å²) in [6.45, 7) is 6.07. The predicted molar refractivity (Wildman–Crippen MR) is 222 cm³/mol. The molecule has 0 saturated carbocycles. The maximum absolute atomic E-state index is 7.27. The summed E-state index contributed by atoms with van der Waals surface area (Å²) in [7, 11) is 0. The number of rotatable bonds is 3. The molecule has 0 amide bonds. The number of hydrogen-bond acceptors (Lipinski definition) is 2. The molecule has 1 unspecified atom stereocenters. The summed E-state index contributed by atoms with van der Waals surface area (Å²) in [4.78, 5) is 0. The fraction of sp³-hybridized carbons (Fsp3) is 0.0400. The van der Waals surface area contributed by atoms with Gasteiger partial charge < -0.3 is 18.3 Å². The maximum Gasteiger partial charge on any atom is 0.156 e. The number of nitrogens with zero attached hydrogens (tertiary/aromatic N) is 2. The highest BCUT2D eigenvalue weighted by atomic mass is 16.5. The average molecular weight is 693 g/mol. The Morgan fingerprint density at radius 3 is 2.07 bits per heavy atom. The van der Waals surface area contributed by atoms with Crippen LogP contribution in [0.4, 0.5) is 0 Å². The Hall–Kier alpha value is -7.04. The number of para-hydroxylation sites is 5. The van der Waals surface area contributed by atoms with Gasteiger partial charge in [0.15, 0.2) is 5.75 Å². The first-order valence-corrected chi connectivity index (χ1v) is 18.5. The van der Waals surface area contributed by atoms with Crippen LogP contribution in [-0.4, -0.2) is 9.13 Å². The molecule has 4 nitrogen and oxygen atoms in total. The van der Waals surface area contributed by atoms with Gasteiger partial charge in [-0.25, -0.2) is 0 Å². The van der Waals surface area contributed by atoms with E-state index in [2.05, 4.69) is 167 Å². The van der Waals surface area contributed by atoms with E-state index in [0.717, 1.165) is 67.0 Å². The van der Waals surface area contributed by atoms with E-state index in [4.69, 9.17) is 9.15 Å². The summed E-state index contributed by atoms with van der Waals surface area (Å²) >= 11 is 0. The van der Waals surface area contributed by atoms with Crippen LogP contribution in [0.15, 0.2) is 163 Å². The second kappa shape index (κ2) is 10.5. The van der Waals surface area contributed by atoms with Crippen molar-refractivity contribution in [2.45, 2.75) is 12.3 Å².